The molecule has 0 aliphatic heterocycles. The van der Waals surface area contributed by atoms with E-state index in [1.165, 1.54) is 12.3 Å². The fourth-order valence-corrected chi connectivity index (χ4v) is 3.76. The van der Waals surface area contributed by atoms with Crippen LogP contribution in [0.4, 0.5) is 0 Å². The quantitative estimate of drug-likeness (QED) is 0.0953. The molecule has 0 aliphatic rings. The lowest BCUT2D eigenvalue weighted by Crippen LogP contribution is -2.33. The van der Waals surface area contributed by atoms with Crippen LogP contribution in [0.3, 0.4) is 0 Å². The van der Waals surface area contributed by atoms with E-state index in [0.29, 0.717) is 17.1 Å². The maximum atomic E-state index is 12.6. The van der Waals surface area contributed by atoms with E-state index in [9.17, 15) is 9.59 Å². The van der Waals surface area contributed by atoms with Gasteiger partial charge in [-0.05, 0) is 48.2 Å². The lowest BCUT2D eigenvalue weighted by atomic mass is 10.1. The molecule has 0 heterocycles. The Morgan fingerprint density at radius 1 is 0.917 bits per heavy atom. The van der Waals surface area contributed by atoms with E-state index in [1.54, 1.807) is 31.2 Å². The molecular weight excluding hydrogens is 520 g/mol. The summed E-state index contributed by atoms with van der Waals surface area (Å²) < 4.78 is 12.1. The maximum absolute atomic E-state index is 12.6. The molecule has 0 aromatic heterocycles. The largest absolute Gasteiger partial charge is 0.480 e. The Morgan fingerprint density at radius 2 is 1.67 bits per heavy atom. The van der Waals surface area contributed by atoms with Crippen molar-refractivity contribution in [1.82, 2.24) is 5.43 Å². The molecule has 0 spiro atoms. The van der Waals surface area contributed by atoms with Crippen molar-refractivity contribution < 1.29 is 19.1 Å². The van der Waals surface area contributed by atoms with Crippen LogP contribution in [0.25, 0.3) is 16.8 Å². The van der Waals surface area contributed by atoms with Crippen LogP contribution in [0, 0.1) is 0 Å². The number of halogens is 1. The van der Waals surface area contributed by atoms with Gasteiger partial charge in [-0.15, -0.1) is 0 Å². The number of nitrogens with zero attached hydrogens (tertiary/aromatic N) is 1. The molecule has 6 nitrogen and oxygen atoms in total. The normalized spacial score (nSPS) is 12.1. The van der Waals surface area contributed by atoms with Crippen LogP contribution in [0.2, 0.25) is 0 Å². The van der Waals surface area contributed by atoms with Crippen LogP contribution < -0.4 is 14.9 Å². The molecule has 36 heavy (non-hydrogen) atoms. The number of hydrazone groups is 1. The second kappa shape index (κ2) is 12.0. The van der Waals surface area contributed by atoms with E-state index in [4.69, 9.17) is 9.47 Å². The van der Waals surface area contributed by atoms with Gasteiger partial charge in [-0.3, -0.25) is 4.79 Å². The number of hydrogen-bond acceptors (Lipinski definition) is 5. The van der Waals surface area contributed by atoms with E-state index >= 15 is 0 Å². The summed E-state index contributed by atoms with van der Waals surface area (Å²) in [6.45, 7) is 1.65. The molecule has 0 fully saturated rings. The molecule has 0 saturated carbocycles. The smallest absolute Gasteiger partial charge is 0.336 e. The summed E-state index contributed by atoms with van der Waals surface area (Å²) in [5, 5.41) is 5.98. The van der Waals surface area contributed by atoms with Crippen LogP contribution >= 0.6 is 15.9 Å². The van der Waals surface area contributed by atoms with Gasteiger partial charge in [0.2, 0.25) is 0 Å². The fourth-order valence-electron chi connectivity index (χ4n) is 3.38. The van der Waals surface area contributed by atoms with Gasteiger partial charge in [0.15, 0.2) is 6.10 Å². The van der Waals surface area contributed by atoms with Gasteiger partial charge in [0.05, 0.1) is 6.21 Å². The van der Waals surface area contributed by atoms with Crippen molar-refractivity contribution in [2.45, 2.75) is 13.0 Å². The minimum absolute atomic E-state index is 0.305. The minimum atomic E-state index is -0.782. The number of fused-ring (bicyclic) bond motifs is 1. The Hall–Kier alpha value is -4.23. The number of amides is 1. The maximum Gasteiger partial charge on any atom is 0.336 e. The Morgan fingerprint density at radius 3 is 2.50 bits per heavy atom. The topological polar surface area (TPSA) is 77.0 Å². The number of carbonyl (C=O) groups excluding carboxylic acids is 2. The third-order valence-corrected chi connectivity index (χ3v) is 5.69. The zero-order chi connectivity index (χ0) is 25.3. The van der Waals surface area contributed by atoms with Gasteiger partial charge in [0.25, 0.3) is 5.91 Å². The first kappa shape index (κ1) is 24.9. The van der Waals surface area contributed by atoms with Gasteiger partial charge in [-0.25, -0.2) is 10.2 Å². The first-order valence-corrected chi connectivity index (χ1v) is 12.0. The summed E-state index contributed by atoms with van der Waals surface area (Å²) in [6, 6.07) is 28.1. The second-order valence-electron chi connectivity index (χ2n) is 7.82. The minimum Gasteiger partial charge on any atom is -0.480 e. The number of nitrogens with one attached hydrogen (secondary N) is 1. The average molecular weight is 543 g/mol. The van der Waals surface area contributed by atoms with Crippen molar-refractivity contribution in [3.05, 3.63) is 113 Å². The summed E-state index contributed by atoms with van der Waals surface area (Å²) in [7, 11) is 0. The van der Waals surface area contributed by atoms with Gasteiger partial charge in [-0.2, -0.15) is 5.10 Å². The molecule has 0 unspecified atom stereocenters. The van der Waals surface area contributed by atoms with Crippen LogP contribution in [0.1, 0.15) is 18.1 Å². The SMILES string of the molecule is C[C@@H](Oc1cccc2ccccc12)C(=O)N/N=C\c1cc(Br)ccc1OC(=O)/C=C/c1ccccc1. The van der Waals surface area contributed by atoms with Crippen LogP contribution in [-0.4, -0.2) is 24.2 Å². The predicted molar refractivity (Wildman–Crippen MR) is 145 cm³/mol. The van der Waals surface area contributed by atoms with E-state index in [2.05, 4.69) is 26.5 Å². The molecular formula is C29H23BrN2O4. The number of esters is 1. The molecule has 0 saturated heterocycles. The lowest BCUT2D eigenvalue weighted by Gasteiger charge is -2.14. The Kier molecular flexibility index (Phi) is 8.26. The molecule has 1 N–H and O–H groups in total. The Balaban J connectivity index is 1.39. The van der Waals surface area contributed by atoms with Gasteiger partial charge >= 0.3 is 5.97 Å². The number of hydrogen-bond donors (Lipinski definition) is 1. The van der Waals surface area contributed by atoms with Crippen molar-refractivity contribution in [2.75, 3.05) is 0 Å². The zero-order valence-corrected chi connectivity index (χ0v) is 21.0. The molecule has 7 heteroatoms. The Bertz CT molecular complexity index is 1430. The van der Waals surface area contributed by atoms with Gasteiger partial charge in [0, 0.05) is 21.5 Å². The summed E-state index contributed by atoms with van der Waals surface area (Å²) >= 11 is 3.40. The van der Waals surface area contributed by atoms with Crippen molar-refractivity contribution in [3.63, 3.8) is 0 Å². The van der Waals surface area contributed by atoms with E-state index in [1.807, 2.05) is 72.8 Å². The fraction of sp³-hybridized carbons (Fsp3) is 0.0690. The monoisotopic (exact) mass is 542 g/mol. The summed E-state index contributed by atoms with van der Waals surface area (Å²) in [6.07, 6.45) is 3.66. The molecule has 0 radical (unpaired) electrons. The van der Waals surface area contributed by atoms with Gasteiger partial charge in [0.1, 0.15) is 11.5 Å². The second-order valence-corrected chi connectivity index (χ2v) is 8.73. The summed E-state index contributed by atoms with van der Waals surface area (Å²) in [4.78, 5) is 24.9. The molecule has 0 aliphatic carbocycles. The average Bonchev–Trinajstić information content (AvgIpc) is 2.89. The van der Waals surface area contributed by atoms with E-state index < -0.39 is 18.0 Å². The predicted octanol–water partition coefficient (Wildman–Crippen LogP) is 6.14. The van der Waals surface area contributed by atoms with Crippen molar-refractivity contribution in [2.24, 2.45) is 5.10 Å². The summed E-state index contributed by atoms with van der Waals surface area (Å²) in [5.74, 6) is -0.0288. The molecule has 4 rings (SSSR count). The zero-order valence-electron chi connectivity index (χ0n) is 19.4. The Labute approximate surface area is 217 Å². The van der Waals surface area contributed by atoms with Crippen LogP contribution in [-0.2, 0) is 9.59 Å². The molecule has 0 bridgehead atoms. The van der Waals surface area contributed by atoms with E-state index in [-0.39, 0.29) is 0 Å². The van der Waals surface area contributed by atoms with Crippen LogP contribution in [0.15, 0.2) is 107 Å². The summed E-state index contributed by atoms with van der Waals surface area (Å²) in [5.41, 5.74) is 3.87. The van der Waals surface area contributed by atoms with Gasteiger partial charge in [-0.1, -0.05) is 82.7 Å². The number of carbonyl (C=O) groups is 2. The highest BCUT2D eigenvalue weighted by Gasteiger charge is 2.15. The molecule has 4 aromatic carbocycles. The lowest BCUT2D eigenvalue weighted by molar-refractivity contribution is -0.129. The first-order valence-electron chi connectivity index (χ1n) is 11.2. The highest BCUT2D eigenvalue weighted by molar-refractivity contribution is 9.10. The number of rotatable bonds is 8. The van der Waals surface area contributed by atoms with E-state index in [0.717, 1.165) is 20.8 Å². The number of ether oxygens (including phenoxy) is 2. The molecule has 1 amide bonds. The van der Waals surface area contributed by atoms with Crippen molar-refractivity contribution in [3.8, 4) is 11.5 Å². The molecule has 180 valence electrons. The van der Waals surface area contributed by atoms with Crippen LogP contribution in [0.5, 0.6) is 11.5 Å². The molecule has 4 aromatic rings. The molecule has 1 atom stereocenters. The highest BCUT2D eigenvalue weighted by atomic mass is 79.9. The third kappa shape index (κ3) is 6.67. The standard InChI is InChI=1S/C29H23BrN2O4/c1-20(35-27-13-7-11-22-10-5-6-12-25(22)27)29(34)32-31-19-23-18-24(30)15-16-26(23)36-28(33)17-14-21-8-3-2-4-9-21/h2-20H,1H3,(H,32,34)/b17-14+,31-19-/t20-/m1/s1. The van der Waals surface area contributed by atoms with Crippen molar-refractivity contribution in [1.29, 1.82) is 0 Å². The first-order chi connectivity index (χ1) is 17.5. The highest BCUT2D eigenvalue weighted by Crippen LogP contribution is 2.26. The van der Waals surface area contributed by atoms with Crippen molar-refractivity contribution >= 4 is 50.9 Å². The third-order valence-electron chi connectivity index (χ3n) is 5.19. The van der Waals surface area contributed by atoms with Gasteiger partial charge < -0.3 is 9.47 Å². The number of benzene rings is 4.